The number of nitrogens with one attached hydrogen (secondary N) is 2. The number of aromatic nitrogens is 1. The van der Waals surface area contributed by atoms with E-state index in [-0.39, 0.29) is 17.0 Å². The maximum atomic E-state index is 13.1. The van der Waals surface area contributed by atoms with E-state index < -0.39 is 5.91 Å². The van der Waals surface area contributed by atoms with Gasteiger partial charge in [0.2, 0.25) is 0 Å². The molecule has 0 aromatic carbocycles. The van der Waals surface area contributed by atoms with Crippen molar-refractivity contribution in [2.75, 3.05) is 0 Å². The molecule has 0 saturated carbocycles. The van der Waals surface area contributed by atoms with Gasteiger partial charge in [-0.05, 0) is 55.2 Å². The highest BCUT2D eigenvalue weighted by atomic mass is 32.1. The van der Waals surface area contributed by atoms with E-state index in [9.17, 15) is 14.4 Å². The Bertz CT molecular complexity index is 887. The number of pyridine rings is 1. The van der Waals surface area contributed by atoms with Gasteiger partial charge in [0.1, 0.15) is 5.56 Å². The average molecular weight is 402 g/mol. The van der Waals surface area contributed by atoms with Crippen LogP contribution in [-0.2, 0) is 19.4 Å². The van der Waals surface area contributed by atoms with Gasteiger partial charge in [0.05, 0.1) is 4.88 Å². The van der Waals surface area contributed by atoms with E-state index in [0.717, 1.165) is 49.8 Å². The molecule has 2 N–H and O–H groups in total. The molecule has 7 heteroatoms. The summed E-state index contributed by atoms with van der Waals surface area (Å²) < 4.78 is 1.79. The standard InChI is InChI=1S/C21H27N3O3S/c1-2-3-12-24-17-10-7-5-4-6-9-15(17)14-16(21(24)27)19(25)22-23-20(26)18-11-8-13-28-18/h8,11,13-14H,2-7,9-10,12H2,1H3,(H,22,25)(H,23,26). The molecule has 0 spiro atoms. The van der Waals surface area contributed by atoms with Gasteiger partial charge in [-0.25, -0.2) is 0 Å². The van der Waals surface area contributed by atoms with Crippen molar-refractivity contribution in [3.05, 3.63) is 55.6 Å². The van der Waals surface area contributed by atoms with Crippen LogP contribution in [0.2, 0.25) is 0 Å². The van der Waals surface area contributed by atoms with E-state index in [1.54, 1.807) is 28.1 Å². The molecule has 0 fully saturated rings. The third kappa shape index (κ3) is 4.70. The zero-order valence-corrected chi connectivity index (χ0v) is 17.1. The number of hydrogen-bond acceptors (Lipinski definition) is 4. The fraction of sp³-hybridized carbons (Fsp3) is 0.476. The molecule has 3 rings (SSSR count). The van der Waals surface area contributed by atoms with E-state index in [4.69, 9.17) is 0 Å². The smallest absolute Gasteiger partial charge is 0.279 e. The van der Waals surface area contributed by atoms with Crippen LogP contribution in [0, 0.1) is 0 Å². The van der Waals surface area contributed by atoms with Gasteiger partial charge >= 0.3 is 0 Å². The minimum absolute atomic E-state index is 0.0990. The SMILES string of the molecule is CCCCn1c2c(cc(C(=O)NNC(=O)c3cccs3)c1=O)CCCCCC2. The second-order valence-corrected chi connectivity index (χ2v) is 8.09. The largest absolute Gasteiger partial charge is 0.312 e. The molecular weight excluding hydrogens is 374 g/mol. The van der Waals surface area contributed by atoms with Crippen LogP contribution in [0.15, 0.2) is 28.4 Å². The fourth-order valence-electron chi connectivity index (χ4n) is 3.60. The molecule has 0 unspecified atom stereocenters. The fourth-order valence-corrected chi connectivity index (χ4v) is 4.22. The molecule has 28 heavy (non-hydrogen) atoms. The molecule has 2 aromatic heterocycles. The minimum Gasteiger partial charge on any atom is -0.312 e. The molecule has 2 heterocycles. The molecule has 0 bridgehead atoms. The highest BCUT2D eigenvalue weighted by molar-refractivity contribution is 7.12. The molecule has 2 amide bonds. The summed E-state index contributed by atoms with van der Waals surface area (Å²) in [5.41, 5.74) is 6.80. The monoisotopic (exact) mass is 401 g/mol. The zero-order chi connectivity index (χ0) is 19.9. The Morgan fingerprint density at radius 1 is 1.11 bits per heavy atom. The van der Waals surface area contributed by atoms with Crippen molar-refractivity contribution in [2.45, 2.75) is 64.8 Å². The number of aryl methyl sites for hydroxylation is 1. The number of thiophene rings is 1. The van der Waals surface area contributed by atoms with Gasteiger partial charge in [-0.2, -0.15) is 0 Å². The van der Waals surface area contributed by atoms with Crippen molar-refractivity contribution in [3.63, 3.8) is 0 Å². The molecule has 0 atom stereocenters. The number of hydrogen-bond donors (Lipinski definition) is 2. The third-order valence-electron chi connectivity index (χ3n) is 5.11. The van der Waals surface area contributed by atoms with Crippen LogP contribution in [0.1, 0.15) is 76.7 Å². The number of amides is 2. The molecule has 2 aromatic rings. The van der Waals surface area contributed by atoms with Crippen molar-refractivity contribution in [1.29, 1.82) is 0 Å². The summed E-state index contributed by atoms with van der Waals surface area (Å²) in [6.07, 6.45) is 8.12. The highest BCUT2D eigenvalue weighted by Crippen LogP contribution is 2.20. The van der Waals surface area contributed by atoms with Crippen LogP contribution in [0.25, 0.3) is 0 Å². The van der Waals surface area contributed by atoms with Crippen molar-refractivity contribution in [2.24, 2.45) is 0 Å². The van der Waals surface area contributed by atoms with E-state index in [0.29, 0.717) is 11.4 Å². The third-order valence-corrected chi connectivity index (χ3v) is 5.98. The van der Waals surface area contributed by atoms with Gasteiger partial charge in [-0.3, -0.25) is 25.2 Å². The predicted octanol–water partition coefficient (Wildman–Crippen LogP) is 3.44. The number of nitrogens with zero attached hydrogens (tertiary/aromatic N) is 1. The van der Waals surface area contributed by atoms with Crippen molar-refractivity contribution in [1.82, 2.24) is 15.4 Å². The highest BCUT2D eigenvalue weighted by Gasteiger charge is 2.20. The Morgan fingerprint density at radius 2 is 1.86 bits per heavy atom. The summed E-state index contributed by atoms with van der Waals surface area (Å²) in [6.45, 7) is 2.71. The summed E-state index contributed by atoms with van der Waals surface area (Å²) in [7, 11) is 0. The number of carbonyl (C=O) groups is 2. The molecule has 1 aliphatic rings. The molecule has 1 aliphatic carbocycles. The maximum Gasteiger partial charge on any atom is 0.279 e. The first-order chi connectivity index (χ1) is 13.6. The van der Waals surface area contributed by atoms with Gasteiger partial charge in [0, 0.05) is 12.2 Å². The first-order valence-electron chi connectivity index (χ1n) is 10.0. The van der Waals surface area contributed by atoms with Crippen LogP contribution in [0.4, 0.5) is 0 Å². The quantitative estimate of drug-likeness (QED) is 0.753. The lowest BCUT2D eigenvalue weighted by Gasteiger charge is -2.21. The topological polar surface area (TPSA) is 80.2 Å². The lowest BCUT2D eigenvalue weighted by atomic mass is 9.95. The molecule has 6 nitrogen and oxygen atoms in total. The molecular formula is C21H27N3O3S. The van der Waals surface area contributed by atoms with Crippen LogP contribution >= 0.6 is 11.3 Å². The summed E-state index contributed by atoms with van der Waals surface area (Å²) in [6, 6.07) is 5.18. The van der Waals surface area contributed by atoms with Crippen LogP contribution in [-0.4, -0.2) is 16.4 Å². The van der Waals surface area contributed by atoms with Crippen LogP contribution in [0.5, 0.6) is 0 Å². The van der Waals surface area contributed by atoms with Crippen LogP contribution in [0.3, 0.4) is 0 Å². The van der Waals surface area contributed by atoms with Crippen LogP contribution < -0.4 is 16.4 Å². The van der Waals surface area contributed by atoms with Gasteiger partial charge in [-0.1, -0.05) is 32.3 Å². The number of unbranched alkanes of at least 4 members (excludes halogenated alkanes) is 1. The Labute approximate surface area is 168 Å². The van der Waals surface area contributed by atoms with Gasteiger partial charge in [-0.15, -0.1) is 11.3 Å². The maximum absolute atomic E-state index is 13.1. The minimum atomic E-state index is -0.565. The second kappa shape index (κ2) is 9.68. The average Bonchev–Trinajstić information content (AvgIpc) is 3.21. The van der Waals surface area contributed by atoms with E-state index in [1.165, 1.54) is 24.2 Å². The van der Waals surface area contributed by atoms with Crippen molar-refractivity contribution >= 4 is 23.2 Å². The summed E-state index contributed by atoms with van der Waals surface area (Å²) in [4.78, 5) is 38.3. The van der Waals surface area contributed by atoms with E-state index >= 15 is 0 Å². The summed E-state index contributed by atoms with van der Waals surface area (Å²) in [5, 5.41) is 1.79. The summed E-state index contributed by atoms with van der Waals surface area (Å²) in [5.74, 6) is -0.953. The predicted molar refractivity (Wildman–Crippen MR) is 111 cm³/mol. The Hall–Kier alpha value is -2.41. The molecule has 0 radical (unpaired) electrons. The number of fused-ring (bicyclic) bond motifs is 1. The first kappa shape index (κ1) is 20.3. The Morgan fingerprint density at radius 3 is 2.57 bits per heavy atom. The molecule has 0 saturated heterocycles. The van der Waals surface area contributed by atoms with Gasteiger partial charge in [0.25, 0.3) is 17.4 Å². The van der Waals surface area contributed by atoms with Crippen molar-refractivity contribution < 1.29 is 9.59 Å². The van der Waals surface area contributed by atoms with Gasteiger partial charge in [0.15, 0.2) is 0 Å². The van der Waals surface area contributed by atoms with Gasteiger partial charge < -0.3 is 4.57 Å². The zero-order valence-electron chi connectivity index (χ0n) is 16.3. The van der Waals surface area contributed by atoms with E-state index in [2.05, 4.69) is 17.8 Å². The molecule has 0 aliphatic heterocycles. The molecule has 150 valence electrons. The lowest BCUT2D eigenvalue weighted by Crippen LogP contribution is -2.44. The Balaban J connectivity index is 1.86. The number of hydrazine groups is 1. The number of rotatable bonds is 5. The second-order valence-electron chi connectivity index (χ2n) is 7.14. The first-order valence-corrected chi connectivity index (χ1v) is 10.9. The van der Waals surface area contributed by atoms with Crippen molar-refractivity contribution in [3.8, 4) is 0 Å². The summed E-state index contributed by atoms with van der Waals surface area (Å²) >= 11 is 1.29. The number of carbonyl (C=O) groups excluding carboxylic acids is 2. The normalized spacial score (nSPS) is 13.9. The van der Waals surface area contributed by atoms with E-state index in [1.807, 2.05) is 0 Å². The Kier molecular flexibility index (Phi) is 7.03. The lowest BCUT2D eigenvalue weighted by molar-refractivity contribution is 0.0847.